The van der Waals surface area contributed by atoms with Crippen LogP contribution in [0.15, 0.2) is 0 Å². The van der Waals surface area contributed by atoms with Crippen molar-refractivity contribution in [3.8, 4) is 0 Å². The molecule has 2 aliphatic heterocycles. The average molecular weight is 391 g/mol. The first-order valence-electron chi connectivity index (χ1n) is 10.5. The van der Waals surface area contributed by atoms with Gasteiger partial charge >= 0.3 is 0 Å². The summed E-state index contributed by atoms with van der Waals surface area (Å²) in [5, 5.41) is 9.99. The number of rotatable bonds is 17. The van der Waals surface area contributed by atoms with Gasteiger partial charge in [-0.1, -0.05) is 0 Å². The standard InChI is InChI=1S/C20H42N2O5/c1-21(2,13-19-16-26-19)8-5-10-24-12-7-18(23)15-25-11-6-9-22(3,4)14-20-17-27-20/h18-20,23H,5-17H2,1-4H3/q+2. The molecular weight excluding hydrogens is 348 g/mol. The van der Waals surface area contributed by atoms with E-state index in [2.05, 4.69) is 28.2 Å². The quantitative estimate of drug-likeness (QED) is 0.223. The molecule has 2 rings (SSSR count). The van der Waals surface area contributed by atoms with Crippen molar-refractivity contribution < 1.29 is 33.0 Å². The minimum absolute atomic E-state index is 0.397. The average Bonchev–Trinajstić information content (AvgIpc) is 3.48. The molecule has 3 unspecified atom stereocenters. The molecule has 27 heavy (non-hydrogen) atoms. The molecule has 2 heterocycles. The van der Waals surface area contributed by atoms with Crippen molar-refractivity contribution in [2.75, 3.05) is 94.0 Å². The summed E-state index contributed by atoms with van der Waals surface area (Å²) in [6.45, 7) is 8.59. The van der Waals surface area contributed by atoms with E-state index in [-0.39, 0.29) is 0 Å². The number of hydrogen-bond donors (Lipinski definition) is 1. The first-order chi connectivity index (χ1) is 12.8. The second-order valence-corrected chi connectivity index (χ2v) is 9.43. The third-order valence-electron chi connectivity index (χ3n) is 5.21. The van der Waals surface area contributed by atoms with Crippen LogP contribution in [-0.4, -0.2) is 126 Å². The third kappa shape index (κ3) is 12.0. The van der Waals surface area contributed by atoms with Crippen molar-refractivity contribution in [3.63, 3.8) is 0 Å². The molecule has 0 radical (unpaired) electrons. The van der Waals surface area contributed by atoms with E-state index >= 15 is 0 Å². The molecular formula is C20H42N2O5+2. The van der Waals surface area contributed by atoms with Crippen LogP contribution in [0.3, 0.4) is 0 Å². The zero-order valence-electron chi connectivity index (χ0n) is 17.9. The normalized spacial score (nSPS) is 23.4. The molecule has 0 bridgehead atoms. The number of aliphatic hydroxyl groups is 1. The predicted molar refractivity (Wildman–Crippen MR) is 105 cm³/mol. The lowest BCUT2D eigenvalue weighted by Crippen LogP contribution is -2.43. The highest BCUT2D eigenvalue weighted by atomic mass is 16.6. The number of epoxide rings is 2. The second-order valence-electron chi connectivity index (χ2n) is 9.43. The van der Waals surface area contributed by atoms with Gasteiger partial charge in [0.2, 0.25) is 0 Å². The number of nitrogens with zero attached hydrogens (tertiary/aromatic N) is 2. The van der Waals surface area contributed by atoms with Gasteiger partial charge in [0.25, 0.3) is 0 Å². The Morgan fingerprint density at radius 2 is 1.33 bits per heavy atom. The summed E-state index contributed by atoms with van der Waals surface area (Å²) in [6, 6.07) is 0. The van der Waals surface area contributed by atoms with Gasteiger partial charge in [0, 0.05) is 19.4 Å². The van der Waals surface area contributed by atoms with E-state index in [1.54, 1.807) is 0 Å². The van der Waals surface area contributed by atoms with Crippen molar-refractivity contribution >= 4 is 0 Å². The van der Waals surface area contributed by atoms with Gasteiger partial charge in [-0.25, -0.2) is 0 Å². The summed E-state index contributed by atoms with van der Waals surface area (Å²) in [6.07, 6.45) is 3.16. The molecule has 0 amide bonds. The topological polar surface area (TPSA) is 63.8 Å². The number of ether oxygens (including phenoxy) is 4. The van der Waals surface area contributed by atoms with Gasteiger partial charge in [-0.2, -0.15) is 0 Å². The molecule has 7 heteroatoms. The Balaban J connectivity index is 1.36. The zero-order chi connectivity index (χ0) is 19.8. The lowest BCUT2D eigenvalue weighted by atomic mass is 10.3. The highest BCUT2D eigenvalue weighted by Gasteiger charge is 2.31. The minimum Gasteiger partial charge on any atom is -0.391 e. The van der Waals surface area contributed by atoms with Gasteiger partial charge < -0.3 is 33.0 Å². The summed E-state index contributed by atoms with van der Waals surface area (Å²) in [5.74, 6) is 0. The van der Waals surface area contributed by atoms with E-state index in [0.29, 0.717) is 38.4 Å². The molecule has 7 nitrogen and oxygen atoms in total. The van der Waals surface area contributed by atoms with Gasteiger partial charge in [0.05, 0.1) is 80.4 Å². The van der Waals surface area contributed by atoms with Crippen molar-refractivity contribution in [1.82, 2.24) is 0 Å². The van der Waals surface area contributed by atoms with Gasteiger partial charge in [-0.3, -0.25) is 0 Å². The molecule has 3 atom stereocenters. The van der Waals surface area contributed by atoms with E-state index in [4.69, 9.17) is 18.9 Å². The second kappa shape index (κ2) is 11.0. The van der Waals surface area contributed by atoms with Crippen LogP contribution >= 0.6 is 0 Å². The largest absolute Gasteiger partial charge is 0.391 e. The lowest BCUT2D eigenvalue weighted by molar-refractivity contribution is -0.891. The van der Waals surface area contributed by atoms with Gasteiger partial charge in [-0.05, 0) is 6.42 Å². The highest BCUT2D eigenvalue weighted by Crippen LogP contribution is 2.15. The Morgan fingerprint density at radius 1 is 0.852 bits per heavy atom. The SMILES string of the molecule is C[N+](C)(CCCOCCC(O)COCCC[N+](C)(C)CC1CO1)CC1CO1. The van der Waals surface area contributed by atoms with E-state index in [1.807, 2.05) is 0 Å². The van der Waals surface area contributed by atoms with Crippen LogP contribution in [0.4, 0.5) is 0 Å². The van der Waals surface area contributed by atoms with E-state index in [1.165, 1.54) is 0 Å². The summed E-state index contributed by atoms with van der Waals surface area (Å²) < 4.78 is 23.8. The summed E-state index contributed by atoms with van der Waals surface area (Å²) in [5.41, 5.74) is 0. The Morgan fingerprint density at radius 3 is 1.81 bits per heavy atom. The smallest absolute Gasteiger partial charge is 0.130 e. The molecule has 0 spiro atoms. The lowest BCUT2D eigenvalue weighted by Gasteiger charge is -2.29. The highest BCUT2D eigenvalue weighted by molar-refractivity contribution is 4.68. The predicted octanol–water partition coefficient (Wildman–Crippen LogP) is 0.501. The fourth-order valence-electron chi connectivity index (χ4n) is 3.45. The van der Waals surface area contributed by atoms with Crippen molar-refractivity contribution in [2.24, 2.45) is 0 Å². The summed E-state index contributed by atoms with van der Waals surface area (Å²) >= 11 is 0. The van der Waals surface area contributed by atoms with Crippen LogP contribution in [0.25, 0.3) is 0 Å². The fraction of sp³-hybridized carbons (Fsp3) is 1.00. The van der Waals surface area contributed by atoms with Crippen molar-refractivity contribution in [2.45, 2.75) is 37.6 Å². The van der Waals surface area contributed by atoms with E-state index < -0.39 is 6.10 Å². The molecule has 0 aromatic heterocycles. The molecule has 160 valence electrons. The number of quaternary nitrogens is 2. The molecule has 0 aromatic carbocycles. The van der Waals surface area contributed by atoms with Crippen molar-refractivity contribution in [1.29, 1.82) is 0 Å². The molecule has 2 saturated heterocycles. The third-order valence-corrected chi connectivity index (χ3v) is 5.21. The molecule has 0 aromatic rings. The molecule has 2 fully saturated rings. The zero-order valence-corrected chi connectivity index (χ0v) is 17.9. The minimum atomic E-state index is -0.438. The number of hydrogen-bond acceptors (Lipinski definition) is 5. The fourth-order valence-corrected chi connectivity index (χ4v) is 3.45. The maximum Gasteiger partial charge on any atom is 0.130 e. The van der Waals surface area contributed by atoms with Crippen LogP contribution in [0, 0.1) is 0 Å². The van der Waals surface area contributed by atoms with Gasteiger partial charge in [0.15, 0.2) is 0 Å². The first-order valence-corrected chi connectivity index (χ1v) is 10.5. The molecule has 2 aliphatic rings. The van der Waals surface area contributed by atoms with Gasteiger partial charge in [-0.15, -0.1) is 0 Å². The maximum atomic E-state index is 9.99. The molecule has 1 N–H and O–H groups in total. The maximum absolute atomic E-state index is 9.99. The van der Waals surface area contributed by atoms with Crippen molar-refractivity contribution in [3.05, 3.63) is 0 Å². The monoisotopic (exact) mass is 390 g/mol. The molecule has 0 saturated carbocycles. The van der Waals surface area contributed by atoms with Crippen LogP contribution < -0.4 is 0 Å². The van der Waals surface area contributed by atoms with E-state index in [0.717, 1.165) is 67.8 Å². The van der Waals surface area contributed by atoms with Crippen LogP contribution in [0.5, 0.6) is 0 Å². The summed E-state index contributed by atoms with van der Waals surface area (Å²) in [7, 11) is 8.94. The number of aliphatic hydroxyl groups excluding tert-OH is 1. The first kappa shape index (κ1) is 23.0. The van der Waals surface area contributed by atoms with E-state index in [9.17, 15) is 5.11 Å². The molecule has 0 aliphatic carbocycles. The Kier molecular flexibility index (Phi) is 9.41. The van der Waals surface area contributed by atoms with Crippen LogP contribution in [0.1, 0.15) is 19.3 Å². The summed E-state index contributed by atoms with van der Waals surface area (Å²) in [4.78, 5) is 0. The van der Waals surface area contributed by atoms with Crippen LogP contribution in [-0.2, 0) is 18.9 Å². The van der Waals surface area contributed by atoms with Gasteiger partial charge in [0.1, 0.15) is 25.3 Å². The Hall–Kier alpha value is -0.280. The Bertz CT molecular complexity index is 411. The number of likely N-dealkylation sites (N-methyl/N-ethyl adjacent to an activating group) is 2. The Labute approximate surface area is 165 Å². The van der Waals surface area contributed by atoms with Crippen LogP contribution in [0.2, 0.25) is 0 Å².